The molecule has 0 aromatic rings. The molecule has 0 aliphatic heterocycles. The largest absolute Gasteiger partial charge is 2.00 e. The van der Waals surface area contributed by atoms with E-state index < -0.39 is 10.2 Å². The maximum absolute atomic E-state index is 8.25. The molecule has 10 heteroatoms. The normalized spacial score (nSPS) is 4.80. The Balaban J connectivity index is -0.0000000112. The van der Waals surface area contributed by atoms with Crippen molar-refractivity contribution in [2.75, 3.05) is 0 Å². The minimum absolute atomic E-state index is 0. The predicted molar refractivity (Wildman–Crippen MR) is 34.5 cm³/mol. The van der Waals surface area contributed by atoms with E-state index in [9.17, 15) is 0 Å². The first kappa shape index (κ1) is 22.4. The van der Waals surface area contributed by atoms with Gasteiger partial charge in [0, 0.05) is 0 Å². The number of nitrogens with zero attached hydrogens (tertiary/aromatic N) is 2. The fourth-order valence-electron chi connectivity index (χ4n) is 0. The maximum atomic E-state index is 8.25. The minimum atomic E-state index is -1.75. The first-order valence-electron chi connectivity index (χ1n) is 1.10. The van der Waals surface area contributed by atoms with Gasteiger partial charge in [0.05, 0.1) is 10.2 Å². The maximum Gasteiger partial charge on any atom is 2.00 e. The second-order valence-electron chi connectivity index (χ2n) is 0.447. The molecule has 0 fully saturated rings. The zero-order valence-electron chi connectivity index (χ0n) is 6.76. The van der Waals surface area contributed by atoms with E-state index in [2.05, 4.69) is 0 Å². The quantitative estimate of drug-likeness (QED) is 0.273. The summed E-state index contributed by atoms with van der Waals surface area (Å²) in [5.74, 6) is 0. The van der Waals surface area contributed by atoms with Crippen molar-refractivity contribution in [3.8, 4) is 0 Å². The molecular weight excluding hydrogens is 188 g/mol. The molecular formula is H2CaMgN2O6. The summed E-state index contributed by atoms with van der Waals surface area (Å²) in [6, 6.07) is 0. The van der Waals surface area contributed by atoms with Gasteiger partial charge in [-0.25, -0.2) is 0 Å². The van der Waals surface area contributed by atoms with Crippen LogP contribution in [0.4, 0.5) is 0 Å². The van der Waals surface area contributed by atoms with Crippen LogP contribution in [-0.4, -0.2) is 71.0 Å². The molecule has 0 spiro atoms. The second kappa shape index (κ2) is 16.2. The summed E-state index contributed by atoms with van der Waals surface area (Å²) in [7, 11) is 0. The van der Waals surface area contributed by atoms with E-state index in [0.29, 0.717) is 0 Å². The first-order chi connectivity index (χ1) is 3.46. The van der Waals surface area contributed by atoms with Crippen molar-refractivity contribution in [3.05, 3.63) is 30.6 Å². The van der Waals surface area contributed by atoms with Crippen LogP contribution in [-0.2, 0) is 0 Å². The summed E-state index contributed by atoms with van der Waals surface area (Å²) in [6.45, 7) is 0. The SMILES string of the molecule is O=[N+]([O-])[O-].O=[N+]([O-])[O-].[Ca+2].[H-].[H-].[Mg+2]. The summed E-state index contributed by atoms with van der Waals surface area (Å²) in [6.07, 6.45) is 0. The van der Waals surface area contributed by atoms with Crippen LogP contribution >= 0.6 is 0 Å². The van der Waals surface area contributed by atoms with Gasteiger partial charge in [-0.2, -0.15) is 0 Å². The van der Waals surface area contributed by atoms with Gasteiger partial charge in [-0.3, -0.25) is 0 Å². The van der Waals surface area contributed by atoms with Crippen LogP contribution in [0.1, 0.15) is 2.85 Å². The van der Waals surface area contributed by atoms with Crippen LogP contribution in [0.25, 0.3) is 0 Å². The van der Waals surface area contributed by atoms with E-state index in [4.69, 9.17) is 30.6 Å². The number of hydrogen-bond donors (Lipinski definition) is 0. The smallest absolute Gasteiger partial charge is 1.00 e. The molecule has 10 heavy (non-hydrogen) atoms. The summed E-state index contributed by atoms with van der Waals surface area (Å²) in [5, 5.41) is 29.5. The van der Waals surface area contributed by atoms with Gasteiger partial charge in [-0.05, 0) is 0 Å². The Bertz CT molecular complexity index is 81.5. The van der Waals surface area contributed by atoms with Crippen LogP contribution in [0.15, 0.2) is 0 Å². The van der Waals surface area contributed by atoms with E-state index in [1.165, 1.54) is 0 Å². The van der Waals surface area contributed by atoms with E-state index >= 15 is 0 Å². The Morgan fingerprint density at radius 3 is 0.900 bits per heavy atom. The van der Waals surface area contributed by atoms with Crippen LogP contribution < -0.4 is 0 Å². The van der Waals surface area contributed by atoms with E-state index in [1.807, 2.05) is 0 Å². The van der Waals surface area contributed by atoms with Gasteiger partial charge in [0.15, 0.2) is 0 Å². The Labute approximate surface area is 104 Å². The standard InChI is InChI=1S/Ca.Mg.2NO3.2H/c;;2*2-1(3)4;;/q2*+2;4*-1. The van der Waals surface area contributed by atoms with Crippen molar-refractivity contribution in [1.82, 2.24) is 0 Å². The molecule has 0 heterocycles. The molecule has 0 radical (unpaired) electrons. The Hall–Kier alpha value is 0.426. The first-order valence-corrected chi connectivity index (χ1v) is 1.10. The Morgan fingerprint density at radius 2 is 0.900 bits per heavy atom. The Morgan fingerprint density at radius 1 is 0.900 bits per heavy atom. The molecule has 0 amide bonds. The summed E-state index contributed by atoms with van der Waals surface area (Å²) < 4.78 is 0. The average Bonchev–Trinajstić information content (AvgIpc) is 1.25. The van der Waals surface area contributed by atoms with Crippen molar-refractivity contribution in [1.29, 1.82) is 0 Å². The van der Waals surface area contributed by atoms with E-state index in [-0.39, 0.29) is 63.6 Å². The molecule has 0 saturated carbocycles. The van der Waals surface area contributed by atoms with Crippen LogP contribution in [0.2, 0.25) is 0 Å². The van der Waals surface area contributed by atoms with Gasteiger partial charge in [-0.1, -0.05) is 0 Å². The van der Waals surface area contributed by atoms with Crippen molar-refractivity contribution in [3.63, 3.8) is 0 Å². The van der Waals surface area contributed by atoms with Gasteiger partial charge in [0.1, 0.15) is 0 Å². The third-order valence-electron chi connectivity index (χ3n) is 0. The molecule has 0 saturated heterocycles. The molecule has 0 aromatic heterocycles. The fraction of sp³-hybridized carbons (Fsp3) is 0. The van der Waals surface area contributed by atoms with Gasteiger partial charge >= 0.3 is 60.8 Å². The van der Waals surface area contributed by atoms with Crippen LogP contribution in [0, 0.1) is 30.6 Å². The third kappa shape index (κ3) is 2560. The summed E-state index contributed by atoms with van der Waals surface area (Å²) in [5.41, 5.74) is 0. The number of hydrogen-bond acceptors (Lipinski definition) is 6. The van der Waals surface area contributed by atoms with Crippen molar-refractivity contribution in [2.24, 2.45) is 0 Å². The summed E-state index contributed by atoms with van der Waals surface area (Å²) >= 11 is 0. The molecule has 0 aromatic carbocycles. The molecule has 0 rings (SSSR count). The summed E-state index contributed by atoms with van der Waals surface area (Å²) in [4.78, 5) is 16.5. The third-order valence-corrected chi connectivity index (χ3v) is 0. The number of rotatable bonds is 0. The fourth-order valence-corrected chi connectivity index (χ4v) is 0. The van der Waals surface area contributed by atoms with Gasteiger partial charge in [0.2, 0.25) is 0 Å². The van der Waals surface area contributed by atoms with Gasteiger partial charge in [0.25, 0.3) is 0 Å². The zero-order valence-corrected chi connectivity index (χ0v) is 8.38. The van der Waals surface area contributed by atoms with Crippen molar-refractivity contribution in [2.45, 2.75) is 0 Å². The van der Waals surface area contributed by atoms with Crippen molar-refractivity contribution < 1.29 is 13.0 Å². The average molecular weight is 190 g/mol. The molecule has 0 atom stereocenters. The predicted octanol–water partition coefficient (Wildman–Crippen LogP) is -1.01. The Kier molecular flexibility index (Phi) is 36.4. The van der Waals surface area contributed by atoms with Crippen molar-refractivity contribution >= 4 is 60.8 Å². The topological polar surface area (TPSA) is 132 Å². The van der Waals surface area contributed by atoms with Crippen LogP contribution in [0.5, 0.6) is 0 Å². The van der Waals surface area contributed by atoms with Gasteiger partial charge < -0.3 is 33.5 Å². The molecule has 8 nitrogen and oxygen atoms in total. The molecule has 0 aliphatic rings. The molecule has 0 N–H and O–H groups in total. The minimum Gasteiger partial charge on any atom is -1.00 e. The molecule has 52 valence electrons. The molecule has 0 bridgehead atoms. The van der Waals surface area contributed by atoms with Gasteiger partial charge in [-0.15, -0.1) is 0 Å². The van der Waals surface area contributed by atoms with Crippen LogP contribution in [0.3, 0.4) is 0 Å². The monoisotopic (exact) mass is 190 g/mol. The zero-order chi connectivity index (χ0) is 7.15. The molecule has 0 aliphatic carbocycles. The van der Waals surface area contributed by atoms with E-state index in [1.54, 1.807) is 0 Å². The van der Waals surface area contributed by atoms with E-state index in [0.717, 1.165) is 0 Å². The molecule has 0 unspecified atom stereocenters. The second-order valence-corrected chi connectivity index (χ2v) is 0.447.